The smallest absolute Gasteiger partial charge is 0.408 e. The van der Waals surface area contributed by atoms with Crippen molar-refractivity contribution in [3.63, 3.8) is 0 Å². The van der Waals surface area contributed by atoms with Gasteiger partial charge < -0.3 is 24.8 Å². The summed E-state index contributed by atoms with van der Waals surface area (Å²) in [5.41, 5.74) is -2.58. The van der Waals surface area contributed by atoms with E-state index in [9.17, 15) is 18.0 Å². The van der Waals surface area contributed by atoms with Gasteiger partial charge in [0.25, 0.3) is 10.1 Å². The van der Waals surface area contributed by atoms with Crippen LogP contribution in [0.1, 0.15) is 60.8 Å². The van der Waals surface area contributed by atoms with Crippen LogP contribution in [-0.2, 0) is 28.5 Å². The number of nitrogens with one attached hydrogen (secondary N) is 2. The fourth-order valence-electron chi connectivity index (χ4n) is 3.06. The molecule has 0 heterocycles. The van der Waals surface area contributed by atoms with Crippen molar-refractivity contribution in [2.24, 2.45) is 5.92 Å². The van der Waals surface area contributed by atoms with Crippen molar-refractivity contribution in [2.75, 3.05) is 26.1 Å². The molecule has 10 nitrogen and oxygen atoms in total. The molecule has 31 heavy (non-hydrogen) atoms. The Labute approximate surface area is 184 Å². The molecule has 2 aliphatic rings. The largest absolute Gasteiger partial charge is 0.444 e. The van der Waals surface area contributed by atoms with E-state index < -0.39 is 44.6 Å². The summed E-state index contributed by atoms with van der Waals surface area (Å²) in [7, 11) is -3.67. The molecular formula is C20H36N2O8S. The van der Waals surface area contributed by atoms with Crippen molar-refractivity contribution < 1.29 is 36.4 Å². The standard InChI is InChI=1S/C20H36N2O8S/c1-17(2,3)29-15(23)21-19(8-9-19)12-27-11-14-10-20(14,13-28-31(7,25)26)22-16(24)30-18(4,5)6/h14H,8-13H2,1-7H3,(H,21,23)(H,22,24). The average molecular weight is 465 g/mol. The molecule has 11 heteroatoms. The van der Waals surface area contributed by atoms with E-state index in [0.29, 0.717) is 13.0 Å². The minimum Gasteiger partial charge on any atom is -0.444 e. The van der Waals surface area contributed by atoms with Crippen molar-refractivity contribution >= 4 is 22.3 Å². The summed E-state index contributed by atoms with van der Waals surface area (Å²) in [6, 6.07) is 0. The second kappa shape index (κ2) is 8.74. The molecule has 2 saturated carbocycles. The Morgan fingerprint density at radius 1 is 0.935 bits per heavy atom. The summed E-state index contributed by atoms with van der Waals surface area (Å²) in [6.07, 6.45) is 1.90. The average Bonchev–Trinajstić information content (AvgIpc) is 3.40. The van der Waals surface area contributed by atoms with E-state index in [2.05, 4.69) is 10.6 Å². The molecule has 0 aromatic rings. The van der Waals surface area contributed by atoms with Gasteiger partial charge in [0.2, 0.25) is 0 Å². The SMILES string of the molecule is CC(C)(C)OC(=O)NC1(COCC2CC2(COS(C)(=O)=O)NC(=O)OC(C)(C)C)CC1. The second-order valence-electron chi connectivity index (χ2n) is 10.6. The Morgan fingerprint density at radius 2 is 1.45 bits per heavy atom. The lowest BCUT2D eigenvalue weighted by molar-refractivity contribution is 0.0371. The van der Waals surface area contributed by atoms with Gasteiger partial charge in [-0.25, -0.2) is 9.59 Å². The first kappa shape index (κ1) is 25.7. The van der Waals surface area contributed by atoms with Crippen LogP contribution in [0, 0.1) is 5.92 Å². The molecule has 0 aliphatic heterocycles. The Bertz CT molecular complexity index is 780. The molecule has 2 N–H and O–H groups in total. The molecule has 0 aromatic carbocycles. The molecule has 0 radical (unpaired) electrons. The van der Waals surface area contributed by atoms with E-state index in [1.807, 2.05) is 0 Å². The maximum atomic E-state index is 12.2. The molecule has 0 aromatic heterocycles. The first-order chi connectivity index (χ1) is 13.9. The maximum Gasteiger partial charge on any atom is 0.408 e. The molecule has 2 aliphatic carbocycles. The first-order valence-corrected chi connectivity index (χ1v) is 12.2. The molecule has 2 unspecified atom stereocenters. The number of amides is 2. The third kappa shape index (κ3) is 9.20. The van der Waals surface area contributed by atoms with Crippen LogP contribution in [0.2, 0.25) is 0 Å². The number of carbonyl (C=O) groups excluding carboxylic acids is 2. The zero-order chi connectivity index (χ0) is 23.7. The van der Waals surface area contributed by atoms with Gasteiger partial charge in [0.1, 0.15) is 11.2 Å². The summed E-state index contributed by atoms with van der Waals surface area (Å²) < 4.78 is 44.2. The molecule has 180 valence electrons. The molecule has 0 bridgehead atoms. The van der Waals surface area contributed by atoms with Crippen LogP contribution in [0.4, 0.5) is 9.59 Å². The van der Waals surface area contributed by atoms with Crippen molar-refractivity contribution in [3.05, 3.63) is 0 Å². The molecule has 2 fully saturated rings. The minimum atomic E-state index is -3.67. The first-order valence-electron chi connectivity index (χ1n) is 10.4. The lowest BCUT2D eigenvalue weighted by Gasteiger charge is -2.25. The third-order valence-corrected chi connectivity index (χ3v) is 5.38. The third-order valence-electron chi connectivity index (χ3n) is 4.83. The van der Waals surface area contributed by atoms with Gasteiger partial charge in [-0.2, -0.15) is 8.42 Å². The second-order valence-corrected chi connectivity index (χ2v) is 12.2. The van der Waals surface area contributed by atoms with Gasteiger partial charge in [0, 0.05) is 5.92 Å². The molecule has 0 spiro atoms. The van der Waals surface area contributed by atoms with E-state index in [-0.39, 0.29) is 19.1 Å². The number of alkyl carbamates (subject to hydrolysis) is 2. The quantitative estimate of drug-likeness (QED) is 0.497. The van der Waals surface area contributed by atoms with Crippen LogP contribution in [0.25, 0.3) is 0 Å². The van der Waals surface area contributed by atoms with Crippen LogP contribution in [0.5, 0.6) is 0 Å². The van der Waals surface area contributed by atoms with Crippen molar-refractivity contribution in [1.29, 1.82) is 0 Å². The fraction of sp³-hybridized carbons (Fsp3) is 0.900. The highest BCUT2D eigenvalue weighted by Gasteiger charge is 2.57. The summed E-state index contributed by atoms with van der Waals surface area (Å²) in [5.74, 6) is -0.140. The van der Waals surface area contributed by atoms with Gasteiger partial charge in [-0.1, -0.05) is 0 Å². The summed E-state index contributed by atoms with van der Waals surface area (Å²) in [6.45, 7) is 11.0. The van der Waals surface area contributed by atoms with Gasteiger partial charge in [0.05, 0.1) is 37.2 Å². The van der Waals surface area contributed by atoms with Gasteiger partial charge in [0.15, 0.2) is 0 Å². The number of hydrogen-bond acceptors (Lipinski definition) is 8. The Kier molecular flexibility index (Phi) is 7.24. The molecule has 2 rings (SSSR count). The van der Waals surface area contributed by atoms with Gasteiger partial charge >= 0.3 is 12.2 Å². The Balaban J connectivity index is 1.87. The zero-order valence-corrected chi connectivity index (χ0v) is 20.3. The minimum absolute atomic E-state index is 0.140. The van der Waals surface area contributed by atoms with Gasteiger partial charge in [-0.3, -0.25) is 4.18 Å². The highest BCUT2D eigenvalue weighted by Crippen LogP contribution is 2.45. The lowest BCUT2D eigenvalue weighted by Crippen LogP contribution is -2.46. The topological polar surface area (TPSA) is 129 Å². The molecular weight excluding hydrogens is 428 g/mol. The van der Waals surface area contributed by atoms with Crippen LogP contribution in [0.3, 0.4) is 0 Å². The summed E-state index contributed by atoms with van der Waals surface area (Å²) >= 11 is 0. The number of carbonyl (C=O) groups is 2. The predicted molar refractivity (Wildman–Crippen MR) is 113 cm³/mol. The highest BCUT2D eigenvalue weighted by atomic mass is 32.2. The number of rotatable bonds is 9. The van der Waals surface area contributed by atoms with Crippen molar-refractivity contribution in [2.45, 2.75) is 83.1 Å². The van der Waals surface area contributed by atoms with E-state index >= 15 is 0 Å². The maximum absolute atomic E-state index is 12.2. The van der Waals surface area contributed by atoms with Gasteiger partial charge in [-0.05, 0) is 60.8 Å². The van der Waals surface area contributed by atoms with Crippen LogP contribution in [-0.4, -0.2) is 69.0 Å². The van der Waals surface area contributed by atoms with E-state index in [0.717, 1.165) is 19.1 Å². The predicted octanol–water partition coefficient (Wildman–Crippen LogP) is 2.32. The molecule has 2 atom stereocenters. The Morgan fingerprint density at radius 3 is 1.90 bits per heavy atom. The van der Waals surface area contributed by atoms with Crippen LogP contribution < -0.4 is 10.6 Å². The number of hydrogen-bond donors (Lipinski definition) is 2. The van der Waals surface area contributed by atoms with E-state index in [4.69, 9.17) is 18.4 Å². The number of ether oxygens (including phenoxy) is 3. The van der Waals surface area contributed by atoms with Gasteiger partial charge in [-0.15, -0.1) is 0 Å². The Hall–Kier alpha value is -1.59. The molecule has 2 amide bonds. The normalized spacial score (nSPS) is 24.8. The van der Waals surface area contributed by atoms with Crippen LogP contribution in [0.15, 0.2) is 0 Å². The van der Waals surface area contributed by atoms with Crippen molar-refractivity contribution in [1.82, 2.24) is 10.6 Å². The lowest BCUT2D eigenvalue weighted by atomic mass is 10.2. The zero-order valence-electron chi connectivity index (χ0n) is 19.5. The monoisotopic (exact) mass is 464 g/mol. The summed E-state index contributed by atoms with van der Waals surface area (Å²) in [4.78, 5) is 24.2. The fourth-order valence-corrected chi connectivity index (χ4v) is 3.48. The van der Waals surface area contributed by atoms with E-state index in [1.165, 1.54) is 0 Å². The van der Waals surface area contributed by atoms with E-state index in [1.54, 1.807) is 41.5 Å². The summed E-state index contributed by atoms with van der Waals surface area (Å²) in [5, 5.41) is 5.61. The molecule has 0 saturated heterocycles. The highest BCUT2D eigenvalue weighted by molar-refractivity contribution is 7.85. The van der Waals surface area contributed by atoms with Crippen LogP contribution >= 0.6 is 0 Å². The van der Waals surface area contributed by atoms with Crippen molar-refractivity contribution in [3.8, 4) is 0 Å².